The summed E-state index contributed by atoms with van der Waals surface area (Å²) in [5.41, 5.74) is 2.90. The highest BCUT2D eigenvalue weighted by molar-refractivity contribution is 5.97. The average molecular weight is 446 g/mol. The van der Waals surface area contributed by atoms with Gasteiger partial charge in [0.1, 0.15) is 5.75 Å². The molecule has 3 N–H and O–H groups in total. The fourth-order valence-corrected chi connectivity index (χ4v) is 3.27. The van der Waals surface area contributed by atoms with Gasteiger partial charge in [-0.2, -0.15) is 0 Å². The lowest BCUT2D eigenvalue weighted by Crippen LogP contribution is -2.27. The van der Waals surface area contributed by atoms with Crippen LogP contribution in [0.3, 0.4) is 0 Å². The Balaban J connectivity index is 1.54. The fraction of sp³-hybridized carbons (Fsp3) is 0.259. The zero-order valence-corrected chi connectivity index (χ0v) is 19.1. The van der Waals surface area contributed by atoms with E-state index in [4.69, 9.17) is 4.74 Å². The van der Waals surface area contributed by atoms with Gasteiger partial charge in [0.25, 0.3) is 5.91 Å². The standard InChI is InChI=1S/C27H31N3O3/c1-3-4-17-33-25-16-9-8-15-24(25)30-26(31)19-28-23-14-10-13-22(18-23)27(32)29-20(2)21-11-6-5-7-12-21/h5-16,18,20,28H,3-4,17,19H2,1-2H3,(H,29,32)(H,30,31). The van der Waals surface area contributed by atoms with Crippen molar-refractivity contribution in [3.05, 3.63) is 90.0 Å². The van der Waals surface area contributed by atoms with E-state index in [1.807, 2.05) is 67.6 Å². The van der Waals surface area contributed by atoms with Gasteiger partial charge in [0, 0.05) is 11.3 Å². The van der Waals surface area contributed by atoms with Crippen LogP contribution in [0.25, 0.3) is 0 Å². The van der Waals surface area contributed by atoms with E-state index in [1.165, 1.54) is 0 Å². The van der Waals surface area contributed by atoms with E-state index in [2.05, 4.69) is 22.9 Å². The summed E-state index contributed by atoms with van der Waals surface area (Å²) in [5, 5.41) is 8.97. The van der Waals surface area contributed by atoms with Crippen molar-refractivity contribution < 1.29 is 14.3 Å². The zero-order chi connectivity index (χ0) is 23.5. The van der Waals surface area contributed by atoms with Crippen LogP contribution in [0.15, 0.2) is 78.9 Å². The van der Waals surface area contributed by atoms with Crippen LogP contribution in [0, 0.1) is 0 Å². The number of ether oxygens (including phenoxy) is 1. The maximum Gasteiger partial charge on any atom is 0.251 e. The van der Waals surface area contributed by atoms with Gasteiger partial charge < -0.3 is 20.7 Å². The molecule has 0 saturated carbocycles. The summed E-state index contributed by atoms with van der Waals surface area (Å²) in [6, 6.07) is 24.2. The summed E-state index contributed by atoms with van der Waals surface area (Å²) < 4.78 is 5.77. The first kappa shape index (κ1) is 23.9. The molecule has 0 spiro atoms. The van der Waals surface area contributed by atoms with Crippen molar-refractivity contribution in [2.24, 2.45) is 0 Å². The monoisotopic (exact) mass is 445 g/mol. The van der Waals surface area contributed by atoms with Crippen LogP contribution in [0.4, 0.5) is 11.4 Å². The van der Waals surface area contributed by atoms with Crippen LogP contribution in [0.1, 0.15) is 48.7 Å². The van der Waals surface area contributed by atoms with Gasteiger partial charge >= 0.3 is 0 Å². The summed E-state index contributed by atoms with van der Waals surface area (Å²) in [6.45, 7) is 4.73. The van der Waals surface area contributed by atoms with Crippen molar-refractivity contribution >= 4 is 23.2 Å². The van der Waals surface area contributed by atoms with Crippen LogP contribution in [0.5, 0.6) is 5.75 Å². The topological polar surface area (TPSA) is 79.5 Å². The summed E-state index contributed by atoms with van der Waals surface area (Å²) in [5.74, 6) is 0.289. The second-order valence-corrected chi connectivity index (χ2v) is 7.79. The van der Waals surface area contributed by atoms with Crippen molar-refractivity contribution in [3.63, 3.8) is 0 Å². The third kappa shape index (κ3) is 7.38. The number of amides is 2. The molecule has 0 fully saturated rings. The van der Waals surface area contributed by atoms with Gasteiger partial charge in [-0.1, -0.05) is 61.9 Å². The molecule has 0 saturated heterocycles. The minimum atomic E-state index is -0.200. The molecule has 0 aromatic heterocycles. The first-order valence-corrected chi connectivity index (χ1v) is 11.3. The molecule has 1 atom stereocenters. The molecule has 3 aromatic rings. The number of anilines is 2. The molecule has 0 aliphatic rings. The Morgan fingerprint density at radius 2 is 1.70 bits per heavy atom. The second-order valence-electron chi connectivity index (χ2n) is 7.79. The smallest absolute Gasteiger partial charge is 0.251 e. The number of carbonyl (C=O) groups excluding carboxylic acids is 2. The van der Waals surface area contributed by atoms with E-state index in [0.29, 0.717) is 29.3 Å². The van der Waals surface area contributed by atoms with Gasteiger partial charge in [-0.3, -0.25) is 9.59 Å². The number of carbonyl (C=O) groups is 2. The van der Waals surface area contributed by atoms with Gasteiger partial charge in [0.15, 0.2) is 0 Å². The van der Waals surface area contributed by atoms with E-state index in [9.17, 15) is 9.59 Å². The van der Waals surface area contributed by atoms with Crippen molar-refractivity contribution in [3.8, 4) is 5.75 Å². The molecular weight excluding hydrogens is 414 g/mol. The Kier molecular flexibility index (Phi) is 8.88. The molecule has 6 heteroatoms. The molecule has 172 valence electrons. The average Bonchev–Trinajstić information content (AvgIpc) is 2.84. The van der Waals surface area contributed by atoms with E-state index in [-0.39, 0.29) is 24.4 Å². The molecule has 33 heavy (non-hydrogen) atoms. The third-order valence-electron chi connectivity index (χ3n) is 5.14. The molecule has 3 rings (SSSR count). The number of nitrogens with one attached hydrogen (secondary N) is 3. The lowest BCUT2D eigenvalue weighted by atomic mass is 10.1. The molecule has 6 nitrogen and oxygen atoms in total. The number of hydrogen-bond donors (Lipinski definition) is 3. The largest absolute Gasteiger partial charge is 0.491 e. The van der Waals surface area contributed by atoms with Gasteiger partial charge in [0.2, 0.25) is 5.91 Å². The number of hydrogen-bond acceptors (Lipinski definition) is 4. The Labute approximate surface area is 195 Å². The van der Waals surface area contributed by atoms with Gasteiger partial charge in [0.05, 0.1) is 24.9 Å². The molecule has 2 amide bonds. The van der Waals surface area contributed by atoms with Crippen LogP contribution in [0.2, 0.25) is 0 Å². The minimum absolute atomic E-state index is 0.0643. The molecule has 0 radical (unpaired) electrons. The third-order valence-corrected chi connectivity index (χ3v) is 5.14. The fourth-order valence-electron chi connectivity index (χ4n) is 3.27. The predicted molar refractivity (Wildman–Crippen MR) is 133 cm³/mol. The molecule has 3 aromatic carbocycles. The highest BCUT2D eigenvalue weighted by atomic mass is 16.5. The Bertz CT molecular complexity index is 1050. The maximum absolute atomic E-state index is 12.7. The summed E-state index contributed by atoms with van der Waals surface area (Å²) >= 11 is 0. The van der Waals surface area contributed by atoms with Crippen LogP contribution in [-0.4, -0.2) is 25.0 Å². The van der Waals surface area contributed by atoms with E-state index < -0.39 is 0 Å². The van der Waals surface area contributed by atoms with Crippen molar-refractivity contribution in [1.82, 2.24) is 5.32 Å². The van der Waals surface area contributed by atoms with Crippen molar-refractivity contribution in [2.45, 2.75) is 32.7 Å². The number of para-hydroxylation sites is 2. The Morgan fingerprint density at radius 3 is 2.48 bits per heavy atom. The highest BCUT2D eigenvalue weighted by Gasteiger charge is 2.12. The first-order chi connectivity index (χ1) is 16.1. The first-order valence-electron chi connectivity index (χ1n) is 11.3. The molecule has 1 unspecified atom stereocenters. The van der Waals surface area contributed by atoms with E-state index in [1.54, 1.807) is 18.2 Å². The molecular formula is C27H31N3O3. The summed E-state index contributed by atoms with van der Waals surface area (Å²) in [4.78, 5) is 25.2. The summed E-state index contributed by atoms with van der Waals surface area (Å²) in [6.07, 6.45) is 2.00. The van der Waals surface area contributed by atoms with Crippen LogP contribution >= 0.6 is 0 Å². The Morgan fingerprint density at radius 1 is 0.939 bits per heavy atom. The minimum Gasteiger partial charge on any atom is -0.491 e. The number of rotatable bonds is 11. The van der Waals surface area contributed by atoms with Crippen molar-refractivity contribution in [1.29, 1.82) is 0 Å². The molecule has 0 heterocycles. The summed E-state index contributed by atoms with van der Waals surface area (Å²) in [7, 11) is 0. The Hall–Kier alpha value is -3.80. The van der Waals surface area contributed by atoms with Gasteiger partial charge in [-0.15, -0.1) is 0 Å². The lowest BCUT2D eigenvalue weighted by molar-refractivity contribution is -0.114. The number of benzene rings is 3. The SMILES string of the molecule is CCCCOc1ccccc1NC(=O)CNc1cccc(C(=O)NC(C)c2ccccc2)c1. The normalized spacial score (nSPS) is 11.3. The van der Waals surface area contributed by atoms with E-state index in [0.717, 1.165) is 18.4 Å². The predicted octanol–water partition coefficient (Wildman–Crippen LogP) is 5.41. The lowest BCUT2D eigenvalue weighted by Gasteiger charge is -2.15. The van der Waals surface area contributed by atoms with Gasteiger partial charge in [-0.25, -0.2) is 0 Å². The highest BCUT2D eigenvalue weighted by Crippen LogP contribution is 2.24. The maximum atomic E-state index is 12.7. The van der Waals surface area contributed by atoms with Crippen LogP contribution < -0.4 is 20.7 Å². The quantitative estimate of drug-likeness (QED) is 0.345. The molecule has 0 bridgehead atoms. The van der Waals surface area contributed by atoms with Crippen molar-refractivity contribution in [2.75, 3.05) is 23.8 Å². The number of unbranched alkanes of at least 4 members (excludes halogenated alkanes) is 1. The second kappa shape index (κ2) is 12.3. The zero-order valence-electron chi connectivity index (χ0n) is 19.1. The van der Waals surface area contributed by atoms with Gasteiger partial charge in [-0.05, 0) is 49.2 Å². The molecule has 0 aliphatic heterocycles. The van der Waals surface area contributed by atoms with Crippen LogP contribution in [-0.2, 0) is 4.79 Å². The van der Waals surface area contributed by atoms with E-state index >= 15 is 0 Å². The molecule has 0 aliphatic carbocycles.